The molecule has 0 amide bonds. The average Bonchev–Trinajstić information content (AvgIpc) is 2.63. The summed E-state index contributed by atoms with van der Waals surface area (Å²) in [6, 6.07) is 6.94. The topological polar surface area (TPSA) is 75.3 Å². The standard InChI is InChI=1S/C14H16N2O3/c1-9-11(7-8-14(18)19)10(2)16(15-9)12-5-3-4-6-13(12)17/h3-6,17H,7-8H2,1-2H3,(H,18,19). The van der Waals surface area contributed by atoms with Gasteiger partial charge in [0.25, 0.3) is 0 Å². The van der Waals surface area contributed by atoms with Gasteiger partial charge in [-0.05, 0) is 38.0 Å². The van der Waals surface area contributed by atoms with Gasteiger partial charge in [-0.25, -0.2) is 4.68 Å². The summed E-state index contributed by atoms with van der Waals surface area (Å²) in [6.07, 6.45) is 0.523. The molecular formula is C14H16N2O3. The van der Waals surface area contributed by atoms with E-state index in [4.69, 9.17) is 5.11 Å². The van der Waals surface area contributed by atoms with Crippen LogP contribution in [0.3, 0.4) is 0 Å². The molecule has 0 saturated carbocycles. The van der Waals surface area contributed by atoms with Gasteiger partial charge in [-0.3, -0.25) is 4.79 Å². The van der Waals surface area contributed by atoms with E-state index >= 15 is 0 Å². The molecule has 5 nitrogen and oxygen atoms in total. The predicted molar refractivity (Wildman–Crippen MR) is 70.7 cm³/mol. The van der Waals surface area contributed by atoms with E-state index < -0.39 is 5.97 Å². The minimum absolute atomic E-state index is 0.0775. The largest absolute Gasteiger partial charge is 0.506 e. The molecule has 0 aliphatic carbocycles. The number of rotatable bonds is 4. The third-order valence-corrected chi connectivity index (χ3v) is 3.14. The summed E-state index contributed by atoms with van der Waals surface area (Å²) in [4.78, 5) is 10.7. The molecule has 100 valence electrons. The number of aromatic hydroxyl groups is 1. The minimum atomic E-state index is -0.825. The van der Waals surface area contributed by atoms with Gasteiger partial charge in [0.05, 0.1) is 5.69 Å². The van der Waals surface area contributed by atoms with E-state index in [1.165, 1.54) is 0 Å². The molecule has 19 heavy (non-hydrogen) atoms. The lowest BCUT2D eigenvalue weighted by atomic mass is 10.1. The van der Waals surface area contributed by atoms with E-state index in [1.807, 2.05) is 19.9 Å². The fourth-order valence-corrected chi connectivity index (χ4v) is 2.15. The van der Waals surface area contributed by atoms with E-state index in [9.17, 15) is 9.90 Å². The normalized spacial score (nSPS) is 10.6. The van der Waals surface area contributed by atoms with Crippen LogP contribution in [-0.2, 0) is 11.2 Å². The molecular weight excluding hydrogens is 244 g/mol. The van der Waals surface area contributed by atoms with Crippen molar-refractivity contribution < 1.29 is 15.0 Å². The maximum Gasteiger partial charge on any atom is 0.303 e. The molecule has 0 aliphatic heterocycles. The molecule has 0 unspecified atom stereocenters. The lowest BCUT2D eigenvalue weighted by Crippen LogP contribution is -2.01. The molecule has 5 heteroatoms. The number of hydrogen-bond acceptors (Lipinski definition) is 3. The zero-order valence-corrected chi connectivity index (χ0v) is 10.9. The Morgan fingerprint density at radius 1 is 1.32 bits per heavy atom. The third kappa shape index (κ3) is 2.59. The summed E-state index contributed by atoms with van der Waals surface area (Å²) < 4.78 is 1.65. The SMILES string of the molecule is Cc1nn(-c2ccccc2O)c(C)c1CCC(=O)O. The summed E-state index contributed by atoms with van der Waals surface area (Å²) in [7, 11) is 0. The maximum absolute atomic E-state index is 10.7. The molecule has 1 aromatic heterocycles. The molecule has 2 rings (SSSR count). The van der Waals surface area contributed by atoms with Gasteiger partial charge in [0.1, 0.15) is 11.4 Å². The Kier molecular flexibility index (Phi) is 3.55. The van der Waals surface area contributed by atoms with Crippen molar-refractivity contribution in [3.8, 4) is 11.4 Å². The summed E-state index contributed by atoms with van der Waals surface area (Å²) >= 11 is 0. The van der Waals surface area contributed by atoms with Crippen molar-refractivity contribution in [2.75, 3.05) is 0 Å². The van der Waals surface area contributed by atoms with Crippen LogP contribution in [-0.4, -0.2) is 26.0 Å². The highest BCUT2D eigenvalue weighted by Crippen LogP contribution is 2.25. The maximum atomic E-state index is 10.7. The van der Waals surface area contributed by atoms with Crippen LogP contribution < -0.4 is 0 Å². The molecule has 0 radical (unpaired) electrons. The zero-order chi connectivity index (χ0) is 14.0. The molecule has 0 bridgehead atoms. The second-order valence-electron chi connectivity index (χ2n) is 4.44. The highest BCUT2D eigenvalue weighted by atomic mass is 16.4. The zero-order valence-electron chi connectivity index (χ0n) is 10.9. The number of para-hydroxylation sites is 2. The Balaban J connectivity index is 2.41. The predicted octanol–water partition coefficient (Wildman–Crippen LogP) is 2.21. The molecule has 2 N–H and O–H groups in total. The van der Waals surface area contributed by atoms with Gasteiger partial charge < -0.3 is 10.2 Å². The van der Waals surface area contributed by atoms with E-state index in [0.717, 1.165) is 17.0 Å². The van der Waals surface area contributed by atoms with Gasteiger partial charge in [-0.2, -0.15) is 5.10 Å². The molecule has 1 heterocycles. The van der Waals surface area contributed by atoms with Gasteiger partial charge in [0, 0.05) is 12.1 Å². The van der Waals surface area contributed by atoms with Crippen molar-refractivity contribution in [3.63, 3.8) is 0 Å². The number of aryl methyl sites for hydroxylation is 1. The Morgan fingerprint density at radius 3 is 2.63 bits per heavy atom. The van der Waals surface area contributed by atoms with E-state index in [2.05, 4.69) is 5.10 Å². The first kappa shape index (κ1) is 13.1. The van der Waals surface area contributed by atoms with Crippen LogP contribution in [0.1, 0.15) is 23.4 Å². The van der Waals surface area contributed by atoms with Crippen molar-refractivity contribution in [1.82, 2.24) is 9.78 Å². The summed E-state index contributed by atoms with van der Waals surface area (Å²) in [5, 5.41) is 23.0. The molecule has 0 saturated heterocycles. The molecule has 1 aromatic carbocycles. The summed E-state index contributed by atoms with van der Waals surface area (Å²) in [5.74, 6) is -0.674. The second kappa shape index (κ2) is 5.14. The first-order valence-corrected chi connectivity index (χ1v) is 6.06. The molecule has 0 spiro atoms. The van der Waals surface area contributed by atoms with Crippen molar-refractivity contribution in [1.29, 1.82) is 0 Å². The van der Waals surface area contributed by atoms with Gasteiger partial charge in [0.15, 0.2) is 0 Å². The first-order chi connectivity index (χ1) is 9.00. The number of phenols is 1. The number of aromatic nitrogens is 2. The molecule has 0 fully saturated rings. The first-order valence-electron chi connectivity index (χ1n) is 6.06. The van der Waals surface area contributed by atoms with Gasteiger partial charge in [-0.1, -0.05) is 12.1 Å². The fourth-order valence-electron chi connectivity index (χ4n) is 2.15. The fraction of sp³-hybridized carbons (Fsp3) is 0.286. The number of hydrogen-bond donors (Lipinski definition) is 2. The Bertz CT molecular complexity index is 617. The molecule has 2 aromatic rings. The van der Waals surface area contributed by atoms with Crippen LogP contribution in [0.2, 0.25) is 0 Å². The van der Waals surface area contributed by atoms with Crippen LogP contribution in [0.5, 0.6) is 5.75 Å². The van der Waals surface area contributed by atoms with Crippen molar-refractivity contribution in [2.24, 2.45) is 0 Å². The molecule has 0 atom stereocenters. The van der Waals surface area contributed by atoms with Gasteiger partial charge >= 0.3 is 5.97 Å². The van der Waals surface area contributed by atoms with Crippen LogP contribution in [0.15, 0.2) is 24.3 Å². The van der Waals surface area contributed by atoms with Crippen molar-refractivity contribution >= 4 is 5.97 Å². The van der Waals surface area contributed by atoms with Crippen molar-refractivity contribution in [2.45, 2.75) is 26.7 Å². The number of benzene rings is 1. The van der Waals surface area contributed by atoms with Crippen LogP contribution in [0.4, 0.5) is 0 Å². The number of phenolic OH excluding ortho intramolecular Hbond substituents is 1. The Labute approximate surface area is 111 Å². The van der Waals surface area contributed by atoms with E-state index in [-0.39, 0.29) is 12.2 Å². The minimum Gasteiger partial charge on any atom is -0.506 e. The number of carbonyl (C=O) groups is 1. The second-order valence-corrected chi connectivity index (χ2v) is 4.44. The Morgan fingerprint density at radius 2 is 2.00 bits per heavy atom. The highest BCUT2D eigenvalue weighted by Gasteiger charge is 2.15. The highest BCUT2D eigenvalue weighted by molar-refractivity contribution is 5.67. The monoisotopic (exact) mass is 260 g/mol. The quantitative estimate of drug-likeness (QED) is 0.883. The van der Waals surface area contributed by atoms with Crippen LogP contribution >= 0.6 is 0 Å². The average molecular weight is 260 g/mol. The van der Waals surface area contributed by atoms with Gasteiger partial charge in [-0.15, -0.1) is 0 Å². The van der Waals surface area contributed by atoms with Gasteiger partial charge in [0.2, 0.25) is 0 Å². The van der Waals surface area contributed by atoms with Crippen LogP contribution in [0, 0.1) is 13.8 Å². The molecule has 0 aliphatic rings. The number of carboxylic acid groups (broad SMARTS) is 1. The smallest absolute Gasteiger partial charge is 0.303 e. The summed E-state index contributed by atoms with van der Waals surface area (Å²) in [6.45, 7) is 3.73. The number of carboxylic acids is 1. The third-order valence-electron chi connectivity index (χ3n) is 3.14. The Hall–Kier alpha value is -2.30. The van der Waals surface area contributed by atoms with Crippen molar-refractivity contribution in [3.05, 3.63) is 41.2 Å². The van der Waals surface area contributed by atoms with E-state index in [1.54, 1.807) is 22.9 Å². The lowest BCUT2D eigenvalue weighted by Gasteiger charge is -2.07. The summed E-state index contributed by atoms with van der Waals surface area (Å²) in [5.41, 5.74) is 3.18. The number of aliphatic carboxylic acids is 1. The van der Waals surface area contributed by atoms with E-state index in [0.29, 0.717) is 12.1 Å². The number of nitrogens with zero attached hydrogens (tertiary/aromatic N) is 2. The lowest BCUT2D eigenvalue weighted by molar-refractivity contribution is -0.136. The van der Waals surface area contributed by atoms with Crippen LogP contribution in [0.25, 0.3) is 5.69 Å².